The first-order valence-electron chi connectivity index (χ1n) is 8.97. The maximum atomic E-state index is 10.0. The van der Waals surface area contributed by atoms with E-state index in [0.717, 1.165) is 43.4 Å². The Kier molecular flexibility index (Phi) is 5.90. The Balaban J connectivity index is 1.59. The molecule has 0 aromatic heterocycles. The summed E-state index contributed by atoms with van der Waals surface area (Å²) in [5, 5.41) is 23.4. The fraction of sp³-hybridized carbons (Fsp3) is 0.350. The maximum Gasteiger partial charge on any atom is 0.194 e. The van der Waals surface area contributed by atoms with Gasteiger partial charge in [0.1, 0.15) is 17.2 Å². The quantitative estimate of drug-likeness (QED) is 0.564. The van der Waals surface area contributed by atoms with Gasteiger partial charge in [0.05, 0.1) is 12.8 Å². The molecule has 3 N–H and O–H groups in total. The number of aromatic hydroxyl groups is 2. The van der Waals surface area contributed by atoms with E-state index in [0.29, 0.717) is 18.0 Å². The lowest BCUT2D eigenvalue weighted by molar-refractivity contribution is 0.369. The van der Waals surface area contributed by atoms with E-state index < -0.39 is 0 Å². The minimum atomic E-state index is 0.225. The monoisotopic (exact) mass is 370 g/mol. The predicted molar refractivity (Wildman–Crippen MR) is 107 cm³/mol. The number of aliphatic imine (C=N–C) groups is 1. The Hall–Kier alpha value is -3.09. The van der Waals surface area contributed by atoms with E-state index in [1.165, 1.54) is 0 Å². The standard InChI is InChI=1S/C20H26N4O3/c1-21-20(22-14-15-13-16(27-2)7-8-18(15)25)24-11-9-23(10-12-24)17-5-3-4-6-19(17)26/h3-8,13,25-26H,9-12,14H2,1-2H3,(H,21,22). The molecule has 1 aliphatic heterocycles. The highest BCUT2D eigenvalue weighted by molar-refractivity contribution is 5.80. The SMILES string of the molecule is CN=C(NCc1cc(OC)ccc1O)N1CCN(c2ccccc2O)CC1. The van der Waals surface area contributed by atoms with Crippen molar-refractivity contribution in [2.75, 3.05) is 45.2 Å². The van der Waals surface area contributed by atoms with Crippen LogP contribution in [0.4, 0.5) is 5.69 Å². The summed E-state index contributed by atoms with van der Waals surface area (Å²) in [4.78, 5) is 8.71. The Morgan fingerprint density at radius 2 is 1.81 bits per heavy atom. The second-order valence-electron chi connectivity index (χ2n) is 6.36. The lowest BCUT2D eigenvalue weighted by Gasteiger charge is -2.37. The van der Waals surface area contributed by atoms with E-state index in [-0.39, 0.29) is 5.75 Å². The summed E-state index contributed by atoms with van der Waals surface area (Å²) in [6, 6.07) is 12.6. The van der Waals surface area contributed by atoms with Crippen LogP contribution in [0.2, 0.25) is 0 Å². The van der Waals surface area contributed by atoms with Gasteiger partial charge in [-0.25, -0.2) is 0 Å². The van der Waals surface area contributed by atoms with Crippen molar-refractivity contribution in [2.24, 2.45) is 4.99 Å². The van der Waals surface area contributed by atoms with E-state index in [1.807, 2.05) is 24.3 Å². The molecule has 1 fully saturated rings. The van der Waals surface area contributed by atoms with Gasteiger partial charge in [0.2, 0.25) is 0 Å². The molecule has 0 radical (unpaired) electrons. The van der Waals surface area contributed by atoms with E-state index in [1.54, 1.807) is 32.4 Å². The number of phenolic OH excluding ortho intramolecular Hbond substituents is 2. The van der Waals surface area contributed by atoms with Gasteiger partial charge in [0, 0.05) is 45.3 Å². The first-order chi connectivity index (χ1) is 13.1. The van der Waals surface area contributed by atoms with Crippen molar-refractivity contribution in [3.05, 3.63) is 48.0 Å². The van der Waals surface area contributed by atoms with E-state index in [2.05, 4.69) is 20.1 Å². The normalized spacial score (nSPS) is 15.0. The third-order valence-corrected chi connectivity index (χ3v) is 4.74. The van der Waals surface area contributed by atoms with Crippen LogP contribution in [0, 0.1) is 0 Å². The second-order valence-corrected chi connectivity index (χ2v) is 6.36. The van der Waals surface area contributed by atoms with Crippen LogP contribution in [0.25, 0.3) is 0 Å². The molecule has 7 heteroatoms. The minimum Gasteiger partial charge on any atom is -0.508 e. The zero-order valence-electron chi connectivity index (χ0n) is 15.7. The summed E-state index contributed by atoms with van der Waals surface area (Å²) in [5.41, 5.74) is 1.62. The zero-order chi connectivity index (χ0) is 19.2. The second kappa shape index (κ2) is 8.53. The molecule has 0 amide bonds. The summed E-state index contributed by atoms with van der Waals surface area (Å²) in [5.74, 6) is 2.02. The van der Waals surface area contributed by atoms with Crippen molar-refractivity contribution >= 4 is 11.6 Å². The molecule has 3 rings (SSSR count). The molecule has 0 atom stereocenters. The summed E-state index contributed by atoms with van der Waals surface area (Å²) >= 11 is 0. The highest BCUT2D eigenvalue weighted by atomic mass is 16.5. The number of guanidine groups is 1. The van der Waals surface area contributed by atoms with Gasteiger partial charge in [0.25, 0.3) is 0 Å². The van der Waals surface area contributed by atoms with Crippen molar-refractivity contribution in [2.45, 2.75) is 6.54 Å². The van der Waals surface area contributed by atoms with Gasteiger partial charge in [-0.3, -0.25) is 4.99 Å². The van der Waals surface area contributed by atoms with Crippen molar-refractivity contribution < 1.29 is 14.9 Å². The topological polar surface area (TPSA) is 80.6 Å². The molecule has 0 saturated carbocycles. The van der Waals surface area contributed by atoms with Crippen LogP contribution in [0.1, 0.15) is 5.56 Å². The van der Waals surface area contributed by atoms with Crippen LogP contribution in [-0.4, -0.2) is 61.4 Å². The lowest BCUT2D eigenvalue weighted by Crippen LogP contribution is -2.52. The summed E-state index contributed by atoms with van der Waals surface area (Å²) in [6.45, 7) is 3.62. The fourth-order valence-corrected chi connectivity index (χ4v) is 3.23. The number of phenols is 2. The minimum absolute atomic E-state index is 0.225. The average molecular weight is 370 g/mol. The van der Waals surface area contributed by atoms with Gasteiger partial charge < -0.3 is 30.1 Å². The van der Waals surface area contributed by atoms with E-state index in [4.69, 9.17) is 4.74 Å². The number of para-hydroxylation sites is 2. The molecule has 0 spiro atoms. The number of methoxy groups -OCH3 is 1. The first kappa shape index (κ1) is 18.7. The van der Waals surface area contributed by atoms with Gasteiger partial charge in [-0.15, -0.1) is 0 Å². The molecule has 2 aromatic rings. The molecule has 1 aliphatic rings. The first-order valence-corrected chi connectivity index (χ1v) is 8.97. The molecule has 27 heavy (non-hydrogen) atoms. The average Bonchev–Trinajstić information content (AvgIpc) is 2.70. The smallest absolute Gasteiger partial charge is 0.194 e. The van der Waals surface area contributed by atoms with E-state index in [9.17, 15) is 10.2 Å². The van der Waals surface area contributed by atoms with Gasteiger partial charge >= 0.3 is 0 Å². The number of nitrogens with one attached hydrogen (secondary N) is 1. The van der Waals surface area contributed by atoms with Crippen LogP contribution in [0.3, 0.4) is 0 Å². The highest BCUT2D eigenvalue weighted by Crippen LogP contribution is 2.27. The number of hydrogen-bond donors (Lipinski definition) is 3. The molecule has 7 nitrogen and oxygen atoms in total. The Morgan fingerprint density at radius 3 is 2.48 bits per heavy atom. The number of hydrogen-bond acceptors (Lipinski definition) is 5. The Morgan fingerprint density at radius 1 is 1.07 bits per heavy atom. The highest BCUT2D eigenvalue weighted by Gasteiger charge is 2.21. The number of ether oxygens (including phenoxy) is 1. The van der Waals surface area contributed by atoms with Gasteiger partial charge in [-0.05, 0) is 30.3 Å². The largest absolute Gasteiger partial charge is 0.508 e. The molecule has 2 aromatic carbocycles. The molecular formula is C20H26N4O3. The van der Waals surface area contributed by atoms with Crippen LogP contribution in [-0.2, 0) is 6.54 Å². The summed E-state index contributed by atoms with van der Waals surface area (Å²) < 4.78 is 5.22. The number of rotatable bonds is 4. The molecule has 144 valence electrons. The Bertz CT molecular complexity index is 802. The van der Waals surface area contributed by atoms with Crippen molar-refractivity contribution in [3.63, 3.8) is 0 Å². The predicted octanol–water partition coefficient (Wildman–Crippen LogP) is 2.00. The summed E-state index contributed by atoms with van der Waals surface area (Å²) in [7, 11) is 3.36. The van der Waals surface area contributed by atoms with Crippen LogP contribution >= 0.6 is 0 Å². The van der Waals surface area contributed by atoms with E-state index >= 15 is 0 Å². The maximum absolute atomic E-state index is 10.0. The van der Waals surface area contributed by atoms with Crippen molar-refractivity contribution in [3.8, 4) is 17.2 Å². The number of anilines is 1. The van der Waals surface area contributed by atoms with Crippen molar-refractivity contribution in [1.82, 2.24) is 10.2 Å². The third-order valence-electron chi connectivity index (χ3n) is 4.74. The number of benzene rings is 2. The van der Waals surface area contributed by atoms with Crippen LogP contribution in [0.15, 0.2) is 47.5 Å². The van der Waals surface area contributed by atoms with Crippen LogP contribution < -0.4 is 15.0 Å². The fourth-order valence-electron chi connectivity index (χ4n) is 3.23. The Labute approximate surface area is 159 Å². The van der Waals surface area contributed by atoms with Crippen LogP contribution in [0.5, 0.6) is 17.2 Å². The van der Waals surface area contributed by atoms with Gasteiger partial charge in [-0.1, -0.05) is 12.1 Å². The van der Waals surface area contributed by atoms with Crippen molar-refractivity contribution in [1.29, 1.82) is 0 Å². The van der Waals surface area contributed by atoms with Gasteiger partial charge in [0.15, 0.2) is 5.96 Å². The molecular weight excluding hydrogens is 344 g/mol. The lowest BCUT2D eigenvalue weighted by atomic mass is 10.2. The van der Waals surface area contributed by atoms with Gasteiger partial charge in [-0.2, -0.15) is 0 Å². The molecule has 0 bridgehead atoms. The zero-order valence-corrected chi connectivity index (χ0v) is 15.7. The third kappa shape index (κ3) is 4.36. The molecule has 1 heterocycles. The molecule has 0 unspecified atom stereocenters. The molecule has 0 aliphatic carbocycles. The number of nitrogens with zero attached hydrogens (tertiary/aromatic N) is 3. The molecule has 1 saturated heterocycles. The number of piperazine rings is 1. The summed E-state index contributed by atoms with van der Waals surface area (Å²) in [6.07, 6.45) is 0.